The fourth-order valence-electron chi connectivity index (χ4n) is 7.04. The molecule has 0 saturated carbocycles. The number of carbonyl (C=O) groups is 10. The summed E-state index contributed by atoms with van der Waals surface area (Å²) in [5.41, 5.74) is 16.8. The maximum absolute atomic E-state index is 14.4. The molecule has 0 radical (unpaired) electrons. The molecular weight excluding hydrogens is 903 g/mol. The number of rotatable bonds is 16. The van der Waals surface area contributed by atoms with E-state index in [0.29, 0.717) is 24.8 Å². The van der Waals surface area contributed by atoms with Gasteiger partial charge in [0, 0.05) is 30.9 Å². The zero-order valence-electron chi connectivity index (χ0n) is 37.2. The number of carbonyl (C=O) groups excluding carboxylic acids is 10. The second-order valence-electron chi connectivity index (χ2n) is 16.1. The number of nitrogens with two attached hydrogens (primary N) is 3. The van der Waals surface area contributed by atoms with Crippen molar-refractivity contribution < 1.29 is 58.2 Å². The summed E-state index contributed by atoms with van der Waals surface area (Å²) in [5.74, 6) is -8.87. The SMILES string of the molecule is CC[C@H](C)[C@@H]1NC(=O)[C@H](Cc2ccc(O)cc2)NC(=O)CCSSC[C@@H](C(=O)N2CCC[C@H]2C(=O)N[C@@H](CCCN)C(=O)NCC(N)=O)NC(=O)[C@H](CC(N)=O)NC(=O)[C@H]([C@@H](C)O)NC1=O. The fraction of sp³-hybridized carbons (Fsp3) is 0.610. The van der Waals surface area contributed by atoms with Crippen molar-refractivity contribution in [1.29, 1.82) is 0 Å². The smallest absolute Gasteiger partial charge is 0.246 e. The first-order valence-corrected chi connectivity index (χ1v) is 24.1. The summed E-state index contributed by atoms with van der Waals surface area (Å²) < 4.78 is 0. The van der Waals surface area contributed by atoms with Crippen LogP contribution in [0.3, 0.4) is 0 Å². The summed E-state index contributed by atoms with van der Waals surface area (Å²) >= 11 is 0. The van der Waals surface area contributed by atoms with Gasteiger partial charge in [-0.25, -0.2) is 0 Å². The molecule has 2 aliphatic heterocycles. The van der Waals surface area contributed by atoms with Crippen molar-refractivity contribution in [2.75, 3.05) is 31.1 Å². The van der Waals surface area contributed by atoms with Crippen molar-refractivity contribution in [2.45, 2.75) is 121 Å². The van der Waals surface area contributed by atoms with E-state index in [-0.39, 0.29) is 56.0 Å². The molecule has 0 aromatic heterocycles. The van der Waals surface area contributed by atoms with Gasteiger partial charge in [-0.2, -0.15) is 0 Å². The van der Waals surface area contributed by atoms with Gasteiger partial charge < -0.3 is 69.5 Å². The lowest BCUT2D eigenvalue weighted by Crippen LogP contribution is -2.63. The Morgan fingerprint density at radius 2 is 1.52 bits per heavy atom. The van der Waals surface area contributed by atoms with Crippen LogP contribution in [-0.4, -0.2) is 154 Å². The molecule has 2 heterocycles. The molecule has 0 spiro atoms. The third-order valence-electron chi connectivity index (χ3n) is 10.9. The molecule has 1 aromatic rings. The van der Waals surface area contributed by atoms with Gasteiger partial charge in [0.1, 0.15) is 48.0 Å². The van der Waals surface area contributed by atoms with Crippen molar-refractivity contribution in [2.24, 2.45) is 23.1 Å². The Labute approximate surface area is 390 Å². The van der Waals surface area contributed by atoms with Crippen molar-refractivity contribution in [3.05, 3.63) is 29.8 Å². The number of hydrogen-bond donors (Lipinski definition) is 12. The van der Waals surface area contributed by atoms with Crippen molar-refractivity contribution >= 4 is 80.7 Å². The number of likely N-dealkylation sites (tertiary alicyclic amines) is 1. The van der Waals surface area contributed by atoms with Crippen LogP contribution in [0.5, 0.6) is 5.75 Å². The predicted molar refractivity (Wildman–Crippen MR) is 243 cm³/mol. The topological polar surface area (TPSA) is 377 Å². The lowest BCUT2D eigenvalue weighted by atomic mass is 9.96. The van der Waals surface area contributed by atoms with Crippen LogP contribution in [0.4, 0.5) is 0 Å². The van der Waals surface area contributed by atoms with Crippen molar-refractivity contribution in [3.63, 3.8) is 0 Å². The normalized spacial score (nSPS) is 24.2. The largest absolute Gasteiger partial charge is 0.508 e. The molecular formula is C41H63N11O12S2. The van der Waals surface area contributed by atoms with Gasteiger partial charge in [0.15, 0.2) is 0 Å². The van der Waals surface area contributed by atoms with Gasteiger partial charge in [0.25, 0.3) is 0 Å². The van der Waals surface area contributed by atoms with Crippen LogP contribution in [0.1, 0.15) is 71.3 Å². The first kappa shape index (κ1) is 54.7. The number of aromatic hydroxyl groups is 1. The molecule has 23 nitrogen and oxygen atoms in total. The minimum atomic E-state index is -1.75. The molecule has 1 aromatic carbocycles. The first-order valence-electron chi connectivity index (χ1n) is 21.6. The summed E-state index contributed by atoms with van der Waals surface area (Å²) in [7, 11) is 2.23. The molecule has 2 fully saturated rings. The highest BCUT2D eigenvalue weighted by Crippen LogP contribution is 2.26. The fourth-order valence-corrected chi connectivity index (χ4v) is 9.18. The number of hydrogen-bond acceptors (Lipinski definition) is 15. The summed E-state index contributed by atoms with van der Waals surface area (Å²) in [6, 6.07) is -3.68. The number of nitrogens with one attached hydrogen (secondary N) is 7. The van der Waals surface area contributed by atoms with E-state index in [9.17, 15) is 58.2 Å². The van der Waals surface area contributed by atoms with Crippen LogP contribution in [0.2, 0.25) is 0 Å². The van der Waals surface area contributed by atoms with Crippen LogP contribution in [0.25, 0.3) is 0 Å². The average Bonchev–Trinajstić information content (AvgIpc) is 3.76. The molecule has 15 N–H and O–H groups in total. The molecule has 9 atom stereocenters. The standard InChI is InChI=1S/C41H63N11O12S2/c1-4-21(2)33-39(62)51-34(22(3)53)40(63)48-27(18-30(43)55)36(59)49-28(20-66-65-16-13-32(57)46-26(37(60)50-33)17-23-9-11-24(54)12-10-23)41(64)52-15-6-8-29(52)38(61)47-25(7-5-14-42)35(58)45-19-31(44)56/h9-12,21-22,25-29,33-34,53-54H,4-8,13-20,42H2,1-3H3,(H2,43,55)(H2,44,56)(H,45,58)(H,46,57)(H,47,61)(H,48,63)(H,49,59)(H,50,60)(H,51,62)/t21-,22+,25-,26-,27-,28-,29-,33-,34-/m0/s1. The van der Waals surface area contributed by atoms with Crippen molar-refractivity contribution in [3.8, 4) is 5.75 Å². The first-order chi connectivity index (χ1) is 31.2. The van der Waals surface area contributed by atoms with Crippen LogP contribution < -0.4 is 54.4 Å². The second kappa shape index (κ2) is 27.1. The van der Waals surface area contributed by atoms with Crippen LogP contribution in [0.15, 0.2) is 24.3 Å². The molecule has 366 valence electrons. The third kappa shape index (κ3) is 17.3. The van der Waals surface area contributed by atoms with Crippen molar-refractivity contribution in [1.82, 2.24) is 42.1 Å². The summed E-state index contributed by atoms with van der Waals surface area (Å²) in [5, 5.41) is 38.2. The number of benzene rings is 1. The maximum atomic E-state index is 14.4. The summed E-state index contributed by atoms with van der Waals surface area (Å²) in [4.78, 5) is 135. The molecule has 25 heteroatoms. The molecule has 66 heavy (non-hydrogen) atoms. The van der Waals surface area contributed by atoms with Gasteiger partial charge in [0.05, 0.1) is 19.1 Å². The number of phenols is 1. The highest BCUT2D eigenvalue weighted by atomic mass is 33.1. The van der Waals surface area contributed by atoms with Crippen LogP contribution in [-0.2, 0) is 54.4 Å². The number of primary amides is 2. The number of amides is 10. The highest BCUT2D eigenvalue weighted by molar-refractivity contribution is 8.76. The number of aliphatic hydroxyl groups is 1. The average molecular weight is 966 g/mol. The van der Waals surface area contributed by atoms with Crippen LogP contribution >= 0.6 is 21.6 Å². The zero-order valence-corrected chi connectivity index (χ0v) is 38.8. The van der Waals surface area contributed by atoms with Crippen LogP contribution in [0, 0.1) is 5.92 Å². The Balaban J connectivity index is 1.99. The molecule has 0 aliphatic carbocycles. The number of nitrogens with zero attached hydrogens (tertiary/aromatic N) is 1. The Kier molecular flexibility index (Phi) is 22.4. The molecule has 0 bridgehead atoms. The quantitative estimate of drug-likeness (QED) is 0.0709. The van der Waals surface area contributed by atoms with Gasteiger partial charge in [-0.3, -0.25) is 47.9 Å². The lowest BCUT2D eigenvalue weighted by molar-refractivity contribution is -0.142. The number of aliphatic hydroxyl groups excluding tert-OH is 1. The van der Waals surface area contributed by atoms with E-state index in [1.807, 2.05) is 0 Å². The third-order valence-corrected chi connectivity index (χ3v) is 13.3. The second-order valence-corrected chi connectivity index (χ2v) is 18.7. The van der Waals surface area contributed by atoms with E-state index >= 15 is 0 Å². The molecule has 10 amide bonds. The highest BCUT2D eigenvalue weighted by Gasteiger charge is 2.41. The minimum Gasteiger partial charge on any atom is -0.508 e. The summed E-state index contributed by atoms with van der Waals surface area (Å²) in [6.07, 6.45) is -1.19. The minimum absolute atomic E-state index is 0.0220. The summed E-state index contributed by atoms with van der Waals surface area (Å²) in [6.45, 7) is 4.38. The molecule has 2 saturated heterocycles. The van der Waals surface area contributed by atoms with E-state index < -0.39 is 126 Å². The van der Waals surface area contributed by atoms with E-state index in [0.717, 1.165) is 21.6 Å². The number of phenolic OH excluding ortho intramolecular Hbond substituents is 1. The zero-order chi connectivity index (χ0) is 49.1. The Morgan fingerprint density at radius 1 is 0.864 bits per heavy atom. The lowest BCUT2D eigenvalue weighted by Gasteiger charge is -2.31. The Hall–Kier alpha value is -5.66. The molecule has 0 unspecified atom stereocenters. The van der Waals surface area contributed by atoms with Gasteiger partial charge in [-0.1, -0.05) is 54.0 Å². The van der Waals surface area contributed by atoms with Gasteiger partial charge in [-0.15, -0.1) is 0 Å². The maximum Gasteiger partial charge on any atom is 0.246 e. The predicted octanol–water partition coefficient (Wildman–Crippen LogP) is -3.74. The monoisotopic (exact) mass is 965 g/mol. The van der Waals surface area contributed by atoms with Gasteiger partial charge in [-0.05, 0) is 62.8 Å². The molecule has 2 aliphatic rings. The van der Waals surface area contributed by atoms with Gasteiger partial charge >= 0.3 is 0 Å². The van der Waals surface area contributed by atoms with E-state index in [1.54, 1.807) is 26.0 Å². The van der Waals surface area contributed by atoms with Gasteiger partial charge in [0.2, 0.25) is 59.1 Å². The Morgan fingerprint density at radius 3 is 2.14 bits per heavy atom. The van der Waals surface area contributed by atoms with E-state index in [1.165, 1.54) is 24.0 Å². The van der Waals surface area contributed by atoms with E-state index in [2.05, 4.69) is 37.2 Å². The molecule has 3 rings (SSSR count). The van der Waals surface area contributed by atoms with E-state index in [4.69, 9.17) is 17.2 Å². The Bertz CT molecular complexity index is 1910.